The van der Waals surface area contributed by atoms with Gasteiger partial charge in [-0.25, -0.2) is 4.98 Å². The number of amides is 1. The maximum Gasteiger partial charge on any atom is 0.255 e. The number of pyridine rings is 1. The Kier molecular flexibility index (Phi) is 6.41. The van der Waals surface area contributed by atoms with E-state index in [1.807, 2.05) is 6.07 Å². The van der Waals surface area contributed by atoms with Crippen LogP contribution in [0.3, 0.4) is 0 Å². The topological polar surface area (TPSA) is 45.2 Å². The molecule has 2 rings (SSSR count). The molecule has 23 heavy (non-hydrogen) atoms. The molecule has 2 aromatic rings. The summed E-state index contributed by atoms with van der Waals surface area (Å²) in [5.74, 6) is 0.696. The number of halogens is 1. The monoisotopic (exact) mass is 331 g/mol. The van der Waals surface area contributed by atoms with Crippen molar-refractivity contribution >= 4 is 29.0 Å². The number of carbonyl (C=O) groups is 1. The van der Waals surface area contributed by atoms with Gasteiger partial charge in [-0.15, -0.1) is 0 Å². The molecule has 1 amide bonds. The average Bonchev–Trinajstić information content (AvgIpc) is 2.57. The third kappa shape index (κ3) is 4.96. The molecule has 0 fully saturated rings. The summed E-state index contributed by atoms with van der Waals surface area (Å²) in [6.45, 7) is 6.14. The Labute approximate surface area is 142 Å². The molecule has 1 aromatic heterocycles. The van der Waals surface area contributed by atoms with Gasteiger partial charge in [0.25, 0.3) is 5.91 Å². The van der Waals surface area contributed by atoms with E-state index in [-0.39, 0.29) is 5.91 Å². The molecule has 0 saturated carbocycles. The van der Waals surface area contributed by atoms with Gasteiger partial charge < -0.3 is 10.2 Å². The van der Waals surface area contributed by atoms with Crippen LogP contribution in [0.15, 0.2) is 42.6 Å². The second kappa shape index (κ2) is 8.53. The van der Waals surface area contributed by atoms with Crippen molar-refractivity contribution in [3.05, 3.63) is 53.2 Å². The van der Waals surface area contributed by atoms with Crippen molar-refractivity contribution in [1.29, 1.82) is 0 Å². The van der Waals surface area contributed by atoms with Gasteiger partial charge in [0.2, 0.25) is 0 Å². The van der Waals surface area contributed by atoms with E-state index < -0.39 is 0 Å². The summed E-state index contributed by atoms with van der Waals surface area (Å²) in [4.78, 5) is 19.0. The molecule has 5 heteroatoms. The number of anilines is 2. The highest BCUT2D eigenvalue weighted by atomic mass is 35.5. The summed E-state index contributed by atoms with van der Waals surface area (Å²) in [7, 11) is 0. The molecule has 0 saturated heterocycles. The molecule has 0 unspecified atom stereocenters. The quantitative estimate of drug-likeness (QED) is 0.805. The summed E-state index contributed by atoms with van der Waals surface area (Å²) in [5, 5.41) is 3.51. The molecule has 0 radical (unpaired) electrons. The molecule has 122 valence electrons. The molecule has 1 N–H and O–H groups in total. The first-order valence-electron chi connectivity index (χ1n) is 7.92. The van der Waals surface area contributed by atoms with Gasteiger partial charge in [0.15, 0.2) is 0 Å². The molecule has 0 bridgehead atoms. The van der Waals surface area contributed by atoms with Crippen LogP contribution in [0.1, 0.15) is 37.0 Å². The number of hydrogen-bond acceptors (Lipinski definition) is 3. The van der Waals surface area contributed by atoms with Gasteiger partial charge in [-0.3, -0.25) is 4.79 Å². The van der Waals surface area contributed by atoms with Crippen LogP contribution in [-0.4, -0.2) is 24.0 Å². The third-order valence-corrected chi connectivity index (χ3v) is 3.67. The lowest BCUT2D eigenvalue weighted by Gasteiger charge is -2.22. The fourth-order valence-electron chi connectivity index (χ4n) is 2.35. The van der Waals surface area contributed by atoms with Crippen molar-refractivity contribution in [1.82, 2.24) is 4.98 Å². The van der Waals surface area contributed by atoms with E-state index in [0.29, 0.717) is 10.6 Å². The summed E-state index contributed by atoms with van der Waals surface area (Å²) in [6, 6.07) is 10.6. The molecule has 1 heterocycles. The predicted molar refractivity (Wildman–Crippen MR) is 96.4 cm³/mol. The van der Waals surface area contributed by atoms with Gasteiger partial charge in [0.05, 0.1) is 0 Å². The Hall–Kier alpha value is -2.07. The zero-order valence-electron chi connectivity index (χ0n) is 13.6. The zero-order valence-corrected chi connectivity index (χ0v) is 14.3. The molecule has 0 aliphatic heterocycles. The number of aromatic nitrogens is 1. The van der Waals surface area contributed by atoms with E-state index in [1.165, 1.54) is 0 Å². The van der Waals surface area contributed by atoms with Crippen LogP contribution < -0.4 is 10.2 Å². The first-order chi connectivity index (χ1) is 11.1. The van der Waals surface area contributed by atoms with Gasteiger partial charge in [-0.1, -0.05) is 25.4 Å². The normalized spacial score (nSPS) is 10.4. The molecule has 0 aliphatic carbocycles. The van der Waals surface area contributed by atoms with Gasteiger partial charge in [-0.2, -0.15) is 0 Å². The van der Waals surface area contributed by atoms with Crippen LogP contribution in [0.5, 0.6) is 0 Å². The molecule has 0 spiro atoms. The second-order valence-corrected chi connectivity index (χ2v) is 5.79. The van der Waals surface area contributed by atoms with Crippen LogP contribution in [0.25, 0.3) is 0 Å². The van der Waals surface area contributed by atoms with E-state index in [0.717, 1.165) is 37.4 Å². The molecular weight excluding hydrogens is 310 g/mol. The van der Waals surface area contributed by atoms with E-state index >= 15 is 0 Å². The lowest BCUT2D eigenvalue weighted by Crippen LogP contribution is -2.26. The van der Waals surface area contributed by atoms with E-state index in [2.05, 4.69) is 29.0 Å². The summed E-state index contributed by atoms with van der Waals surface area (Å²) in [6.07, 6.45) is 3.77. The van der Waals surface area contributed by atoms with E-state index in [4.69, 9.17) is 11.6 Å². The van der Waals surface area contributed by atoms with Gasteiger partial charge in [0.1, 0.15) is 5.82 Å². The first-order valence-corrected chi connectivity index (χ1v) is 8.29. The van der Waals surface area contributed by atoms with Crippen LogP contribution >= 0.6 is 11.6 Å². The maximum absolute atomic E-state index is 12.4. The number of hydrogen-bond donors (Lipinski definition) is 1. The Morgan fingerprint density at radius 3 is 2.39 bits per heavy atom. The Balaban J connectivity index is 2.14. The molecule has 4 nitrogen and oxygen atoms in total. The average molecular weight is 332 g/mol. The molecular formula is C18H22ClN3O. The van der Waals surface area contributed by atoms with Crippen molar-refractivity contribution in [2.24, 2.45) is 0 Å². The number of nitrogens with one attached hydrogen (secondary N) is 1. The fourth-order valence-corrected chi connectivity index (χ4v) is 2.48. The second-order valence-electron chi connectivity index (χ2n) is 5.35. The fraction of sp³-hybridized carbons (Fsp3) is 0.333. The standard InChI is InChI=1S/C18H22ClN3O/c1-3-11-22(12-4-2)17-13-14(9-10-20-17)18(23)21-16-7-5-15(19)6-8-16/h5-10,13H,3-4,11-12H2,1-2H3,(H,21,23). The van der Waals surface area contributed by atoms with Crippen LogP contribution in [-0.2, 0) is 0 Å². The van der Waals surface area contributed by atoms with Gasteiger partial charge in [-0.05, 0) is 49.2 Å². The largest absolute Gasteiger partial charge is 0.357 e. The highest BCUT2D eigenvalue weighted by molar-refractivity contribution is 6.30. The zero-order chi connectivity index (χ0) is 16.7. The summed E-state index contributed by atoms with van der Waals surface area (Å²) in [5.41, 5.74) is 1.32. The minimum absolute atomic E-state index is 0.149. The summed E-state index contributed by atoms with van der Waals surface area (Å²) >= 11 is 5.85. The molecule has 1 aromatic carbocycles. The lowest BCUT2D eigenvalue weighted by molar-refractivity contribution is 0.102. The number of rotatable bonds is 7. The highest BCUT2D eigenvalue weighted by Crippen LogP contribution is 2.17. The maximum atomic E-state index is 12.4. The minimum Gasteiger partial charge on any atom is -0.357 e. The minimum atomic E-state index is -0.149. The molecule has 0 aliphatic rings. The Morgan fingerprint density at radius 2 is 1.78 bits per heavy atom. The number of benzene rings is 1. The predicted octanol–water partition coefficient (Wildman–Crippen LogP) is 4.61. The van der Waals surface area contributed by atoms with Crippen molar-refractivity contribution in [2.45, 2.75) is 26.7 Å². The summed E-state index contributed by atoms with van der Waals surface area (Å²) < 4.78 is 0. The van der Waals surface area contributed by atoms with Crippen molar-refractivity contribution in [2.75, 3.05) is 23.3 Å². The van der Waals surface area contributed by atoms with E-state index in [9.17, 15) is 4.79 Å². The van der Waals surface area contributed by atoms with Crippen molar-refractivity contribution in [3.8, 4) is 0 Å². The molecule has 0 atom stereocenters. The third-order valence-electron chi connectivity index (χ3n) is 3.42. The Morgan fingerprint density at radius 1 is 1.13 bits per heavy atom. The van der Waals surface area contributed by atoms with E-state index in [1.54, 1.807) is 36.5 Å². The smallest absolute Gasteiger partial charge is 0.255 e. The van der Waals surface area contributed by atoms with Crippen LogP contribution in [0, 0.1) is 0 Å². The SMILES string of the molecule is CCCN(CCC)c1cc(C(=O)Nc2ccc(Cl)cc2)ccn1. The van der Waals surface area contributed by atoms with Crippen molar-refractivity contribution < 1.29 is 4.79 Å². The number of nitrogens with zero attached hydrogens (tertiary/aromatic N) is 2. The Bertz CT molecular complexity index is 637. The van der Waals surface area contributed by atoms with Gasteiger partial charge in [0, 0.05) is 35.6 Å². The highest BCUT2D eigenvalue weighted by Gasteiger charge is 2.11. The van der Waals surface area contributed by atoms with Crippen LogP contribution in [0.2, 0.25) is 5.02 Å². The van der Waals surface area contributed by atoms with Crippen LogP contribution in [0.4, 0.5) is 11.5 Å². The van der Waals surface area contributed by atoms with Gasteiger partial charge >= 0.3 is 0 Å². The number of carbonyl (C=O) groups excluding carboxylic acids is 1. The first kappa shape index (κ1) is 17.3. The van der Waals surface area contributed by atoms with Crippen molar-refractivity contribution in [3.63, 3.8) is 0 Å². The lowest BCUT2D eigenvalue weighted by atomic mass is 10.2.